The van der Waals surface area contributed by atoms with Crippen molar-refractivity contribution in [3.63, 3.8) is 0 Å². The summed E-state index contributed by atoms with van der Waals surface area (Å²) in [5.41, 5.74) is 2.34. The molecule has 2 atom stereocenters. The summed E-state index contributed by atoms with van der Waals surface area (Å²) < 4.78 is 5.27. The molecule has 0 aliphatic heterocycles. The number of ether oxygens (including phenoxy) is 1. The Kier molecular flexibility index (Phi) is 5.66. The van der Waals surface area contributed by atoms with E-state index in [0.717, 1.165) is 35.3 Å². The van der Waals surface area contributed by atoms with Crippen molar-refractivity contribution in [2.24, 2.45) is 5.92 Å². The number of hydrogen-bond acceptors (Lipinski definition) is 6. The zero-order valence-electron chi connectivity index (χ0n) is 15.5. The number of methoxy groups -OCH3 is 1. The highest BCUT2D eigenvalue weighted by molar-refractivity contribution is 7.17. The molecule has 142 valence electrons. The molecule has 2 N–H and O–H groups in total. The number of rotatable bonds is 7. The van der Waals surface area contributed by atoms with E-state index >= 15 is 0 Å². The maximum atomic E-state index is 9.39. The molecular weight excluding hydrogens is 358 g/mol. The summed E-state index contributed by atoms with van der Waals surface area (Å²) in [5.74, 6) is 2.08. The SMILES string of the molecule is COCc1nc(NC2CCCC2CCO)c2c(-c3ccccc3)csc2n1. The lowest BCUT2D eigenvalue weighted by Gasteiger charge is -2.22. The minimum absolute atomic E-state index is 0.241. The van der Waals surface area contributed by atoms with Crippen LogP contribution in [0.3, 0.4) is 0 Å². The van der Waals surface area contributed by atoms with Crippen molar-refractivity contribution in [2.45, 2.75) is 38.3 Å². The van der Waals surface area contributed by atoms with E-state index in [9.17, 15) is 5.11 Å². The highest BCUT2D eigenvalue weighted by atomic mass is 32.1. The predicted octanol–water partition coefficient (Wildman–Crippen LogP) is 4.47. The molecule has 1 saturated carbocycles. The fraction of sp³-hybridized carbons (Fsp3) is 0.429. The first-order valence-electron chi connectivity index (χ1n) is 9.50. The minimum Gasteiger partial charge on any atom is -0.396 e. The Balaban J connectivity index is 1.77. The molecule has 2 heterocycles. The summed E-state index contributed by atoms with van der Waals surface area (Å²) in [6.07, 6.45) is 4.30. The first kappa shape index (κ1) is 18.3. The Morgan fingerprint density at radius 3 is 2.85 bits per heavy atom. The van der Waals surface area contributed by atoms with Crippen LogP contribution in [0.25, 0.3) is 21.3 Å². The van der Waals surface area contributed by atoms with Crippen LogP contribution in [0.1, 0.15) is 31.5 Å². The van der Waals surface area contributed by atoms with E-state index in [1.54, 1.807) is 18.4 Å². The number of benzene rings is 1. The third-order valence-corrected chi connectivity index (χ3v) is 6.19. The normalized spacial score (nSPS) is 19.6. The molecular formula is C21H25N3O2S. The van der Waals surface area contributed by atoms with Crippen LogP contribution >= 0.6 is 11.3 Å². The number of aliphatic hydroxyl groups excluding tert-OH is 1. The maximum absolute atomic E-state index is 9.39. The van der Waals surface area contributed by atoms with E-state index in [-0.39, 0.29) is 6.61 Å². The number of fused-ring (bicyclic) bond motifs is 1. The summed E-state index contributed by atoms with van der Waals surface area (Å²) in [7, 11) is 1.67. The van der Waals surface area contributed by atoms with Crippen LogP contribution in [0.5, 0.6) is 0 Å². The van der Waals surface area contributed by atoms with Crippen LogP contribution in [0.4, 0.5) is 5.82 Å². The third kappa shape index (κ3) is 3.83. The quantitative estimate of drug-likeness (QED) is 0.630. The zero-order valence-corrected chi connectivity index (χ0v) is 16.3. The molecule has 5 nitrogen and oxygen atoms in total. The third-order valence-electron chi connectivity index (χ3n) is 5.32. The summed E-state index contributed by atoms with van der Waals surface area (Å²) in [4.78, 5) is 10.5. The number of thiophene rings is 1. The second-order valence-electron chi connectivity index (χ2n) is 7.07. The van der Waals surface area contributed by atoms with Crippen LogP contribution < -0.4 is 5.32 Å². The van der Waals surface area contributed by atoms with E-state index < -0.39 is 0 Å². The molecule has 6 heteroatoms. The second kappa shape index (κ2) is 8.33. The standard InChI is InChI=1S/C21H25N3O2S/c1-26-12-18-23-20(22-17-9-5-8-15(17)10-11-25)19-16(13-27-21(19)24-18)14-6-3-2-4-7-14/h2-4,6-7,13,15,17,25H,5,8-12H2,1H3,(H,22,23,24). The number of aromatic nitrogens is 2. The Morgan fingerprint density at radius 1 is 1.22 bits per heavy atom. The minimum atomic E-state index is 0.241. The molecule has 0 radical (unpaired) electrons. The van der Waals surface area contributed by atoms with Gasteiger partial charge < -0.3 is 15.2 Å². The lowest BCUT2D eigenvalue weighted by atomic mass is 9.99. The Hall–Kier alpha value is -2.02. The van der Waals surface area contributed by atoms with Crippen LogP contribution in [-0.2, 0) is 11.3 Å². The average Bonchev–Trinajstić information content (AvgIpc) is 3.30. The van der Waals surface area contributed by atoms with Crippen molar-refractivity contribution in [3.8, 4) is 11.1 Å². The van der Waals surface area contributed by atoms with Crippen LogP contribution in [0, 0.1) is 5.92 Å². The molecule has 1 fully saturated rings. The highest BCUT2D eigenvalue weighted by Crippen LogP contribution is 2.39. The smallest absolute Gasteiger partial charge is 0.158 e. The Bertz CT molecular complexity index is 897. The molecule has 1 aliphatic carbocycles. The van der Waals surface area contributed by atoms with Gasteiger partial charge in [-0.25, -0.2) is 9.97 Å². The first-order valence-corrected chi connectivity index (χ1v) is 10.4. The Labute approximate surface area is 163 Å². The van der Waals surface area contributed by atoms with Gasteiger partial charge in [0.15, 0.2) is 5.82 Å². The fourth-order valence-corrected chi connectivity index (χ4v) is 4.99. The lowest BCUT2D eigenvalue weighted by molar-refractivity contribution is 0.178. The van der Waals surface area contributed by atoms with E-state index in [2.05, 4.69) is 35.0 Å². The number of nitrogens with one attached hydrogen (secondary N) is 1. The lowest BCUT2D eigenvalue weighted by Crippen LogP contribution is -2.25. The van der Waals surface area contributed by atoms with Crippen molar-refractivity contribution in [1.82, 2.24) is 9.97 Å². The first-order chi connectivity index (χ1) is 13.3. The molecule has 0 amide bonds. The maximum Gasteiger partial charge on any atom is 0.158 e. The summed E-state index contributed by atoms with van der Waals surface area (Å²) >= 11 is 1.65. The number of aliphatic hydroxyl groups is 1. The molecule has 2 unspecified atom stereocenters. The summed E-state index contributed by atoms with van der Waals surface area (Å²) in [5, 5.41) is 16.3. The number of hydrogen-bond donors (Lipinski definition) is 2. The summed E-state index contributed by atoms with van der Waals surface area (Å²) in [6.45, 7) is 0.637. The van der Waals surface area contributed by atoms with E-state index in [0.29, 0.717) is 24.4 Å². The van der Waals surface area contributed by atoms with Crippen molar-refractivity contribution in [1.29, 1.82) is 0 Å². The fourth-order valence-electron chi connectivity index (χ4n) is 4.03. The highest BCUT2D eigenvalue weighted by Gasteiger charge is 2.28. The van der Waals surface area contributed by atoms with Gasteiger partial charge >= 0.3 is 0 Å². The van der Waals surface area contributed by atoms with Gasteiger partial charge in [0.2, 0.25) is 0 Å². The van der Waals surface area contributed by atoms with Gasteiger partial charge in [-0.05, 0) is 30.7 Å². The molecule has 0 spiro atoms. The molecule has 3 aromatic rings. The Morgan fingerprint density at radius 2 is 2.07 bits per heavy atom. The predicted molar refractivity (Wildman–Crippen MR) is 110 cm³/mol. The zero-order chi connectivity index (χ0) is 18.6. The van der Waals surface area contributed by atoms with Gasteiger partial charge in [0, 0.05) is 30.7 Å². The van der Waals surface area contributed by atoms with Gasteiger partial charge in [0.25, 0.3) is 0 Å². The molecule has 1 aromatic carbocycles. The average molecular weight is 384 g/mol. The van der Waals surface area contributed by atoms with E-state index in [1.807, 2.05) is 6.07 Å². The van der Waals surface area contributed by atoms with E-state index in [4.69, 9.17) is 14.7 Å². The second-order valence-corrected chi connectivity index (χ2v) is 7.93. The monoisotopic (exact) mass is 383 g/mol. The van der Waals surface area contributed by atoms with Gasteiger partial charge in [-0.2, -0.15) is 0 Å². The number of anilines is 1. The summed E-state index contributed by atoms with van der Waals surface area (Å²) in [6, 6.07) is 10.7. The van der Waals surface area contributed by atoms with Gasteiger partial charge in [-0.3, -0.25) is 0 Å². The van der Waals surface area contributed by atoms with Crippen LogP contribution in [0.15, 0.2) is 35.7 Å². The largest absolute Gasteiger partial charge is 0.396 e. The molecule has 2 aromatic heterocycles. The van der Waals surface area contributed by atoms with Crippen LogP contribution in [0.2, 0.25) is 0 Å². The van der Waals surface area contributed by atoms with Gasteiger partial charge in [-0.1, -0.05) is 36.8 Å². The van der Waals surface area contributed by atoms with E-state index in [1.165, 1.54) is 17.5 Å². The van der Waals surface area contributed by atoms with Crippen LogP contribution in [-0.4, -0.2) is 34.8 Å². The molecule has 0 bridgehead atoms. The van der Waals surface area contributed by atoms with Gasteiger partial charge in [0.05, 0.1) is 5.39 Å². The molecule has 1 aliphatic rings. The van der Waals surface area contributed by atoms with Gasteiger partial charge in [0.1, 0.15) is 17.3 Å². The molecule has 0 saturated heterocycles. The van der Waals surface area contributed by atoms with Crippen molar-refractivity contribution < 1.29 is 9.84 Å². The number of nitrogens with zero attached hydrogens (tertiary/aromatic N) is 2. The van der Waals surface area contributed by atoms with Crippen molar-refractivity contribution in [3.05, 3.63) is 41.5 Å². The molecule has 4 rings (SSSR count). The van der Waals surface area contributed by atoms with Crippen molar-refractivity contribution >= 4 is 27.4 Å². The topological polar surface area (TPSA) is 67.3 Å². The molecule has 27 heavy (non-hydrogen) atoms. The van der Waals surface area contributed by atoms with Crippen molar-refractivity contribution in [2.75, 3.05) is 19.0 Å². The van der Waals surface area contributed by atoms with Gasteiger partial charge in [-0.15, -0.1) is 11.3 Å².